The summed E-state index contributed by atoms with van der Waals surface area (Å²) < 4.78 is 239. The molecule has 0 aliphatic rings. The normalized spacial score (nSPS) is 17.0. The van der Waals surface area contributed by atoms with Crippen molar-refractivity contribution in [3.05, 3.63) is 0 Å². The zero-order chi connectivity index (χ0) is 24.5. The molecule has 0 amide bonds. The van der Waals surface area contributed by atoms with Gasteiger partial charge in [0, 0.05) is 0 Å². The second-order valence-corrected chi connectivity index (χ2v) is 5.49. The Morgan fingerprint density at radius 1 is 0.276 bits per heavy atom. The molecule has 0 bridgehead atoms. The molecule has 0 aliphatic heterocycles. The highest BCUT2D eigenvalue weighted by Crippen LogP contribution is 2.65. The highest BCUT2D eigenvalue weighted by molar-refractivity contribution is 6.22. The van der Waals surface area contributed by atoms with Crippen LogP contribution in [-0.2, 0) is 0 Å². The van der Waals surface area contributed by atoms with Crippen LogP contribution in [0.5, 0.6) is 0 Å². The molecule has 29 heavy (non-hydrogen) atoms. The Morgan fingerprint density at radius 3 is 0.621 bits per heavy atom. The molecule has 0 atom stereocenters. The van der Waals surface area contributed by atoms with Crippen molar-refractivity contribution in [2.75, 3.05) is 0 Å². The molecule has 0 unspecified atom stereocenters. The van der Waals surface area contributed by atoms with Crippen LogP contribution in [-0.4, -0.2) is 53.0 Å². The van der Waals surface area contributed by atoms with Crippen molar-refractivity contribution in [1.82, 2.24) is 0 Å². The van der Waals surface area contributed by atoms with E-state index in [2.05, 4.69) is 11.6 Å². The second-order valence-electron chi connectivity index (χ2n) is 5.02. The van der Waals surface area contributed by atoms with Gasteiger partial charge < -0.3 is 0 Å². The zero-order valence-electron chi connectivity index (χ0n) is 12.1. The predicted octanol–water partition coefficient (Wildman–Crippen LogP) is 6.83. The average molecular weight is 505 g/mol. The lowest BCUT2D eigenvalue weighted by Crippen LogP contribution is -2.75. The molecule has 20 heteroatoms. The summed E-state index contributed by atoms with van der Waals surface area (Å²) in [6.07, 6.45) is -7.89. The lowest BCUT2D eigenvalue weighted by atomic mass is 9.89. The molecule has 0 N–H and O–H groups in total. The van der Waals surface area contributed by atoms with E-state index >= 15 is 0 Å². The summed E-state index contributed by atoms with van der Waals surface area (Å²) in [6, 6.07) is 0. The van der Waals surface area contributed by atoms with Gasteiger partial charge in [-0.05, 0) is 11.6 Å². The predicted molar refractivity (Wildman–Crippen MR) is 51.5 cm³/mol. The molecule has 0 aromatic heterocycles. The van der Waals surface area contributed by atoms with Crippen LogP contribution >= 0.6 is 11.6 Å². The minimum atomic E-state index is -8.91. The summed E-state index contributed by atoms with van der Waals surface area (Å²) in [4.78, 5) is 0. The fraction of sp³-hybridized carbons (Fsp3) is 1.00. The van der Waals surface area contributed by atoms with Crippen LogP contribution in [0.1, 0.15) is 0 Å². The third kappa shape index (κ3) is 3.34. The maximum absolute atomic E-state index is 13.0. The van der Waals surface area contributed by atoms with Crippen molar-refractivity contribution >= 4 is 11.6 Å². The first-order chi connectivity index (χ1) is 12.0. The average Bonchev–Trinajstić information content (AvgIpc) is 2.43. The van der Waals surface area contributed by atoms with Crippen LogP contribution in [0.3, 0.4) is 0 Å². The van der Waals surface area contributed by atoms with Crippen molar-refractivity contribution in [2.45, 2.75) is 53.0 Å². The van der Waals surface area contributed by atoms with Crippen molar-refractivity contribution in [2.24, 2.45) is 0 Å². The quantitative estimate of drug-likeness (QED) is 0.264. The second kappa shape index (κ2) is 6.48. The number of rotatable bonds is 7. The molecule has 0 saturated heterocycles. The number of halogens is 20. The summed E-state index contributed by atoms with van der Waals surface area (Å²) in [5, 5.41) is -6.95. The van der Waals surface area contributed by atoms with Crippen molar-refractivity contribution in [1.29, 1.82) is 0 Å². The Hall–Kier alpha value is -1.04. The molecule has 176 valence electrons. The molecule has 0 radical (unpaired) electrons. The fourth-order valence-electron chi connectivity index (χ4n) is 1.34. The molecule has 0 heterocycles. The van der Waals surface area contributed by atoms with Crippen LogP contribution in [0.2, 0.25) is 0 Å². The molecule has 0 aromatic carbocycles. The monoisotopic (exact) mass is 504 g/mol. The van der Waals surface area contributed by atoms with E-state index in [0.29, 0.717) is 0 Å². The molecule has 0 nitrogen and oxygen atoms in total. The fourth-order valence-corrected chi connectivity index (χ4v) is 1.46. The van der Waals surface area contributed by atoms with Gasteiger partial charge in [-0.3, -0.25) is 0 Å². The van der Waals surface area contributed by atoms with Crippen LogP contribution in [0.15, 0.2) is 0 Å². The topological polar surface area (TPSA) is 0 Å². The highest BCUT2D eigenvalue weighted by atomic mass is 35.5. The number of alkyl halides is 20. The lowest BCUT2D eigenvalue weighted by molar-refractivity contribution is -0.466. The van der Waals surface area contributed by atoms with Gasteiger partial charge in [-0.25, -0.2) is 0 Å². The van der Waals surface area contributed by atoms with Crippen LogP contribution < -0.4 is 0 Å². The largest absolute Gasteiger partial charge is 0.460 e. The summed E-state index contributed by atoms with van der Waals surface area (Å²) in [6.45, 7) is 0. The molecule has 0 aromatic rings. The minimum absolute atomic E-state index is 3.26. The Morgan fingerprint density at radius 2 is 0.448 bits per heavy atom. The van der Waals surface area contributed by atoms with Gasteiger partial charge in [0.2, 0.25) is 0 Å². The van der Waals surface area contributed by atoms with Crippen molar-refractivity contribution < 1.29 is 83.4 Å². The van der Waals surface area contributed by atoms with E-state index in [0.717, 1.165) is 0 Å². The van der Waals surface area contributed by atoms with Gasteiger partial charge in [-0.1, -0.05) is 0 Å². The van der Waals surface area contributed by atoms with Crippen LogP contribution in [0.4, 0.5) is 83.4 Å². The first kappa shape index (κ1) is 28.0. The summed E-state index contributed by atoms with van der Waals surface area (Å²) in [5.41, 5.74) is 0. The molecule has 0 saturated carbocycles. The van der Waals surface area contributed by atoms with Gasteiger partial charge in [0.05, 0.1) is 0 Å². The molecule has 0 fully saturated rings. The Kier molecular flexibility index (Phi) is 6.25. The third-order valence-electron chi connectivity index (χ3n) is 3.08. The summed E-state index contributed by atoms with van der Waals surface area (Å²) in [7, 11) is 0. The van der Waals surface area contributed by atoms with E-state index in [1.807, 2.05) is 0 Å². The van der Waals surface area contributed by atoms with Gasteiger partial charge in [0.25, 0.3) is 0 Å². The first-order valence-corrected chi connectivity index (χ1v) is 6.16. The van der Waals surface area contributed by atoms with E-state index < -0.39 is 53.0 Å². The minimum Gasteiger partial charge on any atom is -0.192 e. The summed E-state index contributed by atoms with van der Waals surface area (Å²) in [5.74, 6) is -60.0. The first-order valence-electron chi connectivity index (χ1n) is 5.78. The molecule has 0 rings (SSSR count). The Balaban J connectivity index is 6.82. The number of hydrogen-bond donors (Lipinski definition) is 0. The molecule has 0 aliphatic carbocycles. The molecule has 0 spiro atoms. The zero-order valence-corrected chi connectivity index (χ0v) is 12.8. The van der Waals surface area contributed by atoms with Crippen LogP contribution in [0.25, 0.3) is 0 Å². The van der Waals surface area contributed by atoms with E-state index in [9.17, 15) is 83.4 Å². The van der Waals surface area contributed by atoms with Gasteiger partial charge >= 0.3 is 53.0 Å². The van der Waals surface area contributed by atoms with Gasteiger partial charge in [0.15, 0.2) is 0 Å². The molecular weight excluding hydrogens is 505 g/mol. The van der Waals surface area contributed by atoms with Crippen LogP contribution in [0, 0.1) is 0 Å². The van der Waals surface area contributed by atoms with E-state index in [1.54, 1.807) is 0 Å². The maximum atomic E-state index is 13.0. The van der Waals surface area contributed by atoms with Gasteiger partial charge in [-0.2, -0.15) is 83.4 Å². The SMILES string of the molecule is FC(F)(F)C(F)(F)C(F)(F)C(F)(F)C(F)(F)C(F)(F)C(F)(F)C(F)(F)C(F)(F)Cl. The van der Waals surface area contributed by atoms with Gasteiger partial charge in [0.1, 0.15) is 0 Å². The van der Waals surface area contributed by atoms with Gasteiger partial charge in [-0.15, -0.1) is 0 Å². The highest BCUT2D eigenvalue weighted by Gasteiger charge is 2.96. The van der Waals surface area contributed by atoms with E-state index in [1.165, 1.54) is 0 Å². The standard InChI is InChI=1S/C9ClF19/c10-8(25,26)6(21,22)4(17,18)2(13,14)1(11,12)3(15,16)5(19,20)7(23,24)9(27,28)29. The lowest BCUT2D eigenvalue weighted by Gasteiger charge is -2.43. The maximum Gasteiger partial charge on any atom is 0.460 e. The van der Waals surface area contributed by atoms with Crippen molar-refractivity contribution in [3.8, 4) is 0 Å². The number of hydrogen-bond acceptors (Lipinski definition) is 0. The smallest absolute Gasteiger partial charge is 0.192 e. The van der Waals surface area contributed by atoms with Crippen molar-refractivity contribution in [3.63, 3.8) is 0 Å². The molecular formula is C9ClF19. The van der Waals surface area contributed by atoms with E-state index in [4.69, 9.17) is 0 Å². The Bertz CT molecular complexity index is 554. The third-order valence-corrected chi connectivity index (χ3v) is 3.32. The van der Waals surface area contributed by atoms with E-state index in [-0.39, 0.29) is 0 Å². The summed E-state index contributed by atoms with van der Waals surface area (Å²) >= 11 is 3.26. The Labute approximate surface area is 149 Å².